The molecule has 0 unspecified atom stereocenters. The minimum Gasteiger partial charge on any atom is -0.484 e. The molecule has 6 nitrogen and oxygen atoms in total. The number of carbonyl (C=O) groups excluding carboxylic acids is 1. The van der Waals surface area contributed by atoms with Crippen molar-refractivity contribution in [3.8, 4) is 5.75 Å². The molecule has 26 heavy (non-hydrogen) atoms. The van der Waals surface area contributed by atoms with Crippen molar-refractivity contribution in [2.45, 2.75) is 6.92 Å². The van der Waals surface area contributed by atoms with Gasteiger partial charge in [-0.25, -0.2) is 4.79 Å². The first-order chi connectivity index (χ1) is 12.3. The summed E-state index contributed by atoms with van der Waals surface area (Å²) < 4.78 is 5.34. The normalized spacial score (nSPS) is 10.1. The van der Waals surface area contributed by atoms with E-state index in [4.69, 9.17) is 40.2 Å². The van der Waals surface area contributed by atoms with Crippen LogP contribution in [0.15, 0.2) is 36.4 Å². The van der Waals surface area contributed by atoms with Crippen LogP contribution in [0.1, 0.15) is 15.9 Å². The second kappa shape index (κ2) is 8.84. The first-order valence-electron chi connectivity index (χ1n) is 7.29. The number of hydrogen-bond acceptors (Lipinski definition) is 4. The minimum atomic E-state index is -1.24. The Morgan fingerprint density at radius 1 is 1.19 bits per heavy atom. The van der Waals surface area contributed by atoms with Crippen molar-refractivity contribution in [3.05, 3.63) is 57.6 Å². The van der Waals surface area contributed by atoms with Crippen molar-refractivity contribution in [3.63, 3.8) is 0 Å². The number of hydrogen-bond donors (Lipinski definition) is 3. The van der Waals surface area contributed by atoms with Gasteiger partial charge in [-0.05, 0) is 43.4 Å². The van der Waals surface area contributed by atoms with E-state index in [1.807, 2.05) is 19.1 Å². The number of benzene rings is 2. The average molecular weight is 413 g/mol. The molecule has 2 aromatic rings. The fourth-order valence-corrected chi connectivity index (χ4v) is 2.72. The number of thiocarbonyl (C=S) groups is 1. The minimum absolute atomic E-state index is 0.0355. The van der Waals surface area contributed by atoms with Crippen LogP contribution in [0.4, 0.5) is 5.69 Å². The van der Waals surface area contributed by atoms with E-state index in [1.54, 1.807) is 12.1 Å². The molecular weight excluding hydrogens is 399 g/mol. The molecule has 9 heteroatoms. The maximum Gasteiger partial charge on any atom is 0.337 e. The van der Waals surface area contributed by atoms with E-state index < -0.39 is 11.9 Å². The third-order valence-electron chi connectivity index (χ3n) is 3.17. The van der Waals surface area contributed by atoms with Gasteiger partial charge in [0, 0.05) is 5.02 Å². The van der Waals surface area contributed by atoms with Crippen LogP contribution < -0.4 is 15.4 Å². The second-order valence-electron chi connectivity index (χ2n) is 5.22. The summed E-state index contributed by atoms with van der Waals surface area (Å²) in [5, 5.41) is 14.3. The molecule has 0 aliphatic rings. The molecule has 0 heterocycles. The predicted molar refractivity (Wildman–Crippen MR) is 104 cm³/mol. The Bertz CT molecular complexity index is 857. The van der Waals surface area contributed by atoms with Crippen LogP contribution in [0.3, 0.4) is 0 Å². The first-order valence-corrected chi connectivity index (χ1v) is 8.45. The summed E-state index contributed by atoms with van der Waals surface area (Å²) >= 11 is 16.8. The van der Waals surface area contributed by atoms with Crippen LogP contribution >= 0.6 is 35.4 Å². The molecule has 0 spiro atoms. The molecular formula is C17H14Cl2N2O4S. The number of rotatable bonds is 5. The molecule has 1 amide bonds. The van der Waals surface area contributed by atoms with Crippen molar-refractivity contribution < 1.29 is 19.4 Å². The molecule has 2 aromatic carbocycles. The van der Waals surface area contributed by atoms with E-state index in [0.717, 1.165) is 5.56 Å². The van der Waals surface area contributed by atoms with Crippen molar-refractivity contribution in [1.29, 1.82) is 0 Å². The first kappa shape index (κ1) is 20.0. The number of carboxylic acids is 1. The van der Waals surface area contributed by atoms with E-state index in [0.29, 0.717) is 5.75 Å². The van der Waals surface area contributed by atoms with Gasteiger partial charge in [0.15, 0.2) is 11.7 Å². The van der Waals surface area contributed by atoms with Gasteiger partial charge in [-0.2, -0.15) is 0 Å². The fraction of sp³-hybridized carbons (Fsp3) is 0.118. The summed E-state index contributed by atoms with van der Waals surface area (Å²) in [7, 11) is 0. The van der Waals surface area contributed by atoms with Gasteiger partial charge in [-0.3, -0.25) is 10.1 Å². The van der Waals surface area contributed by atoms with Crippen LogP contribution in [0, 0.1) is 6.92 Å². The smallest absolute Gasteiger partial charge is 0.337 e. The van der Waals surface area contributed by atoms with Gasteiger partial charge in [0.1, 0.15) is 5.75 Å². The largest absolute Gasteiger partial charge is 0.484 e. The zero-order chi connectivity index (χ0) is 19.3. The number of anilines is 1. The number of ether oxygens (including phenoxy) is 1. The highest BCUT2D eigenvalue weighted by molar-refractivity contribution is 7.80. The van der Waals surface area contributed by atoms with Gasteiger partial charge in [-0.1, -0.05) is 40.9 Å². The molecule has 0 saturated heterocycles. The predicted octanol–water partition coefficient (Wildman–Crippen LogP) is 3.89. The Morgan fingerprint density at radius 2 is 1.85 bits per heavy atom. The zero-order valence-electron chi connectivity index (χ0n) is 13.5. The Kier molecular flexibility index (Phi) is 6.79. The third-order valence-corrected chi connectivity index (χ3v) is 3.89. The van der Waals surface area contributed by atoms with Crippen LogP contribution in [-0.2, 0) is 4.79 Å². The fourth-order valence-electron chi connectivity index (χ4n) is 1.96. The molecule has 0 aliphatic heterocycles. The van der Waals surface area contributed by atoms with E-state index >= 15 is 0 Å². The Morgan fingerprint density at radius 3 is 2.46 bits per heavy atom. The lowest BCUT2D eigenvalue weighted by Gasteiger charge is -2.14. The summed E-state index contributed by atoms with van der Waals surface area (Å²) in [4.78, 5) is 23.2. The maximum atomic E-state index is 11.9. The summed E-state index contributed by atoms with van der Waals surface area (Å²) in [5.41, 5.74) is 0.935. The second-order valence-corrected chi connectivity index (χ2v) is 6.47. The van der Waals surface area contributed by atoms with Gasteiger partial charge in [0.25, 0.3) is 5.91 Å². The number of carbonyl (C=O) groups is 2. The topological polar surface area (TPSA) is 87.7 Å². The van der Waals surface area contributed by atoms with Crippen LogP contribution in [0.25, 0.3) is 0 Å². The molecule has 0 atom stereocenters. The number of aryl methyl sites for hydroxylation is 1. The van der Waals surface area contributed by atoms with E-state index in [-0.39, 0.29) is 33.0 Å². The average Bonchev–Trinajstić information content (AvgIpc) is 2.56. The van der Waals surface area contributed by atoms with Crippen LogP contribution in [0.2, 0.25) is 10.0 Å². The van der Waals surface area contributed by atoms with Crippen LogP contribution in [-0.4, -0.2) is 28.7 Å². The van der Waals surface area contributed by atoms with Crippen LogP contribution in [0.5, 0.6) is 5.75 Å². The molecule has 0 radical (unpaired) electrons. The number of amides is 1. The summed E-state index contributed by atoms with van der Waals surface area (Å²) in [6.07, 6.45) is 0. The lowest BCUT2D eigenvalue weighted by molar-refractivity contribution is -0.121. The number of aromatic carboxylic acids is 1. The van der Waals surface area contributed by atoms with Crippen molar-refractivity contribution >= 4 is 58.1 Å². The van der Waals surface area contributed by atoms with Gasteiger partial charge >= 0.3 is 5.97 Å². The Hall–Kier alpha value is -2.35. The summed E-state index contributed by atoms with van der Waals surface area (Å²) in [6, 6.07) is 9.79. The molecule has 0 bridgehead atoms. The third kappa shape index (κ3) is 5.59. The van der Waals surface area contributed by atoms with E-state index in [1.165, 1.54) is 12.1 Å². The maximum absolute atomic E-state index is 11.9. The van der Waals surface area contributed by atoms with Gasteiger partial charge in [0.2, 0.25) is 0 Å². The Balaban J connectivity index is 1.97. The highest BCUT2D eigenvalue weighted by atomic mass is 35.5. The molecule has 0 fully saturated rings. The zero-order valence-corrected chi connectivity index (χ0v) is 15.8. The number of nitrogens with one attached hydrogen (secondary N) is 2. The summed E-state index contributed by atoms with van der Waals surface area (Å²) in [5.74, 6) is -1.21. The van der Waals surface area contributed by atoms with E-state index in [2.05, 4.69) is 10.6 Å². The molecule has 0 aromatic heterocycles. The lowest BCUT2D eigenvalue weighted by Crippen LogP contribution is -2.37. The molecule has 3 N–H and O–H groups in total. The van der Waals surface area contributed by atoms with Crippen molar-refractivity contribution in [1.82, 2.24) is 5.32 Å². The highest BCUT2D eigenvalue weighted by Crippen LogP contribution is 2.30. The van der Waals surface area contributed by atoms with Gasteiger partial charge in [-0.15, -0.1) is 0 Å². The lowest BCUT2D eigenvalue weighted by atomic mass is 10.2. The molecule has 136 valence electrons. The Labute approximate surface area is 165 Å². The number of carboxylic acid groups (broad SMARTS) is 1. The highest BCUT2D eigenvalue weighted by Gasteiger charge is 2.17. The van der Waals surface area contributed by atoms with Gasteiger partial charge in [0.05, 0.1) is 16.3 Å². The van der Waals surface area contributed by atoms with Crippen molar-refractivity contribution in [2.75, 3.05) is 11.9 Å². The summed E-state index contributed by atoms with van der Waals surface area (Å²) in [6.45, 7) is 1.68. The van der Waals surface area contributed by atoms with Gasteiger partial charge < -0.3 is 15.2 Å². The molecule has 0 saturated carbocycles. The quantitative estimate of drug-likeness (QED) is 0.645. The number of halogens is 2. The van der Waals surface area contributed by atoms with E-state index in [9.17, 15) is 14.7 Å². The molecule has 2 rings (SSSR count). The monoisotopic (exact) mass is 412 g/mol. The molecule has 0 aliphatic carbocycles. The SMILES string of the molecule is Cc1ccc(OCC(=O)NC(=S)Nc2c(Cl)cc(Cl)cc2C(=O)O)cc1. The van der Waals surface area contributed by atoms with Crippen molar-refractivity contribution in [2.24, 2.45) is 0 Å². The standard InChI is InChI=1S/C17H14Cl2N2O4S/c1-9-2-4-11(5-3-9)25-8-14(22)20-17(26)21-15-12(16(23)24)6-10(18)7-13(15)19/h2-7H,8H2,1H3,(H,23,24)(H2,20,21,22,26).